The van der Waals surface area contributed by atoms with Gasteiger partial charge in [0.05, 0.1) is 0 Å². The molecule has 0 heteroatoms. The molecule has 1 rings (SSSR count). The van der Waals surface area contributed by atoms with Crippen LogP contribution >= 0.6 is 0 Å². The predicted octanol–water partition coefficient (Wildman–Crippen LogP) is 4.49. The molecule has 0 aromatic carbocycles. The first-order chi connectivity index (χ1) is 5.30. The Balaban J connectivity index is 0. The molecule has 0 bridgehead atoms. The molecule has 0 spiro atoms. The third-order valence-electron chi connectivity index (χ3n) is 2.29. The summed E-state index contributed by atoms with van der Waals surface area (Å²) in [4.78, 5) is 0. The first-order valence-electron chi connectivity index (χ1n) is 5.30. The average Bonchev–Trinajstić information content (AvgIpc) is 2.44. The lowest BCUT2D eigenvalue weighted by atomic mass is 10.0. The quantitative estimate of drug-likeness (QED) is 0.487. The van der Waals surface area contributed by atoms with Crippen molar-refractivity contribution in [1.82, 2.24) is 0 Å². The van der Waals surface area contributed by atoms with E-state index in [0.717, 1.165) is 11.8 Å². The van der Waals surface area contributed by atoms with Crippen molar-refractivity contribution in [1.29, 1.82) is 0 Å². The Morgan fingerprint density at radius 3 is 1.09 bits per heavy atom. The molecule has 0 aromatic rings. The predicted molar refractivity (Wildman–Crippen MR) is 54.9 cm³/mol. The second-order valence-electron chi connectivity index (χ2n) is 2.89. The van der Waals surface area contributed by atoms with Gasteiger partial charge in [-0.1, -0.05) is 60.8 Å². The summed E-state index contributed by atoms with van der Waals surface area (Å²) in [6.45, 7) is 12.7. The van der Waals surface area contributed by atoms with E-state index in [9.17, 15) is 0 Å². The monoisotopic (exact) mass is 158 g/mol. The summed E-state index contributed by atoms with van der Waals surface area (Å²) < 4.78 is 0. The number of hydrogen-bond acceptors (Lipinski definition) is 0. The summed E-state index contributed by atoms with van der Waals surface area (Å²) >= 11 is 0. The van der Waals surface area contributed by atoms with Crippen LogP contribution in [-0.2, 0) is 0 Å². The summed E-state index contributed by atoms with van der Waals surface area (Å²) in [5.41, 5.74) is 0. The molecular weight excluding hydrogens is 132 g/mol. The normalized spacial score (nSPS) is 27.8. The van der Waals surface area contributed by atoms with Gasteiger partial charge >= 0.3 is 0 Å². The van der Waals surface area contributed by atoms with Crippen molar-refractivity contribution in [3.05, 3.63) is 0 Å². The smallest absolute Gasteiger partial charge is 0.0417 e. The van der Waals surface area contributed by atoms with Gasteiger partial charge < -0.3 is 0 Å². The molecule has 11 heavy (non-hydrogen) atoms. The third-order valence-corrected chi connectivity index (χ3v) is 2.29. The maximum atomic E-state index is 2.36. The molecule has 0 radical (unpaired) electrons. The molecule has 1 saturated carbocycles. The summed E-state index contributed by atoms with van der Waals surface area (Å²) in [6, 6.07) is 0. The number of rotatable bonds is 0. The van der Waals surface area contributed by atoms with Gasteiger partial charge in [0.2, 0.25) is 0 Å². The lowest BCUT2D eigenvalue weighted by Crippen LogP contribution is -1.95. The highest BCUT2D eigenvalue weighted by Gasteiger charge is 2.17. The summed E-state index contributed by atoms with van der Waals surface area (Å²) in [5.74, 6) is 2.03. The molecule has 0 aliphatic heterocycles. The van der Waals surface area contributed by atoms with Crippen LogP contribution < -0.4 is 0 Å². The summed E-state index contributed by atoms with van der Waals surface area (Å²) in [7, 11) is 0. The van der Waals surface area contributed by atoms with Crippen molar-refractivity contribution in [3.8, 4) is 0 Å². The van der Waals surface area contributed by atoms with Crippen LogP contribution in [0, 0.1) is 11.8 Å². The molecule has 2 unspecified atom stereocenters. The standard InChI is InChI=1S/C7H14.2C2H6/c1-6-4-3-5-7(6)2;2*1-2/h6-7H,3-5H2,1-2H3;2*1-2H3. The van der Waals surface area contributed by atoms with Crippen LogP contribution in [-0.4, -0.2) is 0 Å². The molecule has 1 aliphatic rings. The van der Waals surface area contributed by atoms with Crippen LogP contribution in [0.2, 0.25) is 0 Å². The van der Waals surface area contributed by atoms with E-state index in [-0.39, 0.29) is 0 Å². The molecule has 0 aromatic heterocycles. The maximum absolute atomic E-state index is 2.36. The minimum atomic E-state index is 1.01. The van der Waals surface area contributed by atoms with E-state index in [1.54, 1.807) is 0 Å². The minimum Gasteiger partial charge on any atom is -0.0683 e. The lowest BCUT2D eigenvalue weighted by molar-refractivity contribution is 0.457. The molecule has 0 heterocycles. The van der Waals surface area contributed by atoms with E-state index in [1.165, 1.54) is 19.3 Å². The molecule has 70 valence electrons. The van der Waals surface area contributed by atoms with Crippen molar-refractivity contribution in [2.45, 2.75) is 60.8 Å². The van der Waals surface area contributed by atoms with Gasteiger partial charge in [-0.25, -0.2) is 0 Å². The molecule has 1 aliphatic carbocycles. The van der Waals surface area contributed by atoms with Gasteiger partial charge in [0.1, 0.15) is 0 Å². The topological polar surface area (TPSA) is 0 Å². The zero-order valence-electron chi connectivity index (χ0n) is 9.28. The first kappa shape index (κ1) is 13.6. The Hall–Kier alpha value is 0. The van der Waals surface area contributed by atoms with E-state index < -0.39 is 0 Å². The van der Waals surface area contributed by atoms with Crippen LogP contribution in [0.5, 0.6) is 0 Å². The second-order valence-corrected chi connectivity index (χ2v) is 2.89. The fraction of sp³-hybridized carbons (Fsp3) is 1.00. The summed E-state index contributed by atoms with van der Waals surface area (Å²) in [5, 5.41) is 0. The van der Waals surface area contributed by atoms with Crippen LogP contribution in [0.15, 0.2) is 0 Å². The Morgan fingerprint density at radius 1 is 0.727 bits per heavy atom. The van der Waals surface area contributed by atoms with Crippen LogP contribution in [0.3, 0.4) is 0 Å². The highest BCUT2D eigenvalue weighted by molar-refractivity contribution is 4.69. The maximum Gasteiger partial charge on any atom is -0.0417 e. The zero-order chi connectivity index (χ0) is 9.28. The summed E-state index contributed by atoms with van der Waals surface area (Å²) in [6.07, 6.45) is 4.42. The van der Waals surface area contributed by atoms with Crippen molar-refractivity contribution >= 4 is 0 Å². The van der Waals surface area contributed by atoms with E-state index in [0.29, 0.717) is 0 Å². The van der Waals surface area contributed by atoms with Crippen molar-refractivity contribution in [3.63, 3.8) is 0 Å². The Labute approximate surface area is 73.4 Å². The Morgan fingerprint density at radius 2 is 1.00 bits per heavy atom. The fourth-order valence-corrected chi connectivity index (χ4v) is 1.33. The van der Waals surface area contributed by atoms with Crippen molar-refractivity contribution in [2.24, 2.45) is 11.8 Å². The van der Waals surface area contributed by atoms with E-state index in [1.807, 2.05) is 27.7 Å². The van der Waals surface area contributed by atoms with Gasteiger partial charge in [0.15, 0.2) is 0 Å². The lowest BCUT2D eigenvalue weighted by Gasteiger charge is -2.05. The van der Waals surface area contributed by atoms with Crippen LogP contribution in [0.1, 0.15) is 60.8 Å². The molecule has 0 N–H and O–H groups in total. The van der Waals surface area contributed by atoms with Gasteiger partial charge in [-0.3, -0.25) is 0 Å². The van der Waals surface area contributed by atoms with E-state index >= 15 is 0 Å². The highest BCUT2D eigenvalue weighted by atomic mass is 14.2. The first-order valence-corrected chi connectivity index (χ1v) is 5.30. The molecule has 2 atom stereocenters. The Kier molecular flexibility index (Phi) is 12.3. The van der Waals surface area contributed by atoms with E-state index in [4.69, 9.17) is 0 Å². The largest absolute Gasteiger partial charge is 0.0683 e. The van der Waals surface area contributed by atoms with Crippen molar-refractivity contribution in [2.75, 3.05) is 0 Å². The second kappa shape index (κ2) is 10.0. The highest BCUT2D eigenvalue weighted by Crippen LogP contribution is 2.29. The molecule has 0 nitrogen and oxygen atoms in total. The van der Waals surface area contributed by atoms with Gasteiger partial charge in [-0.2, -0.15) is 0 Å². The minimum absolute atomic E-state index is 1.01. The fourth-order valence-electron chi connectivity index (χ4n) is 1.33. The zero-order valence-corrected chi connectivity index (χ0v) is 9.28. The number of hydrogen-bond donors (Lipinski definition) is 0. The SMILES string of the molecule is CC.CC.CC1CCCC1C. The van der Waals surface area contributed by atoms with E-state index in [2.05, 4.69) is 13.8 Å². The molecular formula is C11H26. The molecule has 0 amide bonds. The van der Waals surface area contributed by atoms with Gasteiger partial charge in [-0.05, 0) is 11.8 Å². The third kappa shape index (κ3) is 6.40. The molecule has 0 saturated heterocycles. The Bertz CT molecular complexity index is 49.1. The van der Waals surface area contributed by atoms with Crippen LogP contribution in [0.4, 0.5) is 0 Å². The molecule has 1 fully saturated rings. The average molecular weight is 158 g/mol. The van der Waals surface area contributed by atoms with Gasteiger partial charge in [0, 0.05) is 0 Å². The van der Waals surface area contributed by atoms with Gasteiger partial charge in [-0.15, -0.1) is 0 Å². The van der Waals surface area contributed by atoms with Crippen LogP contribution in [0.25, 0.3) is 0 Å². The van der Waals surface area contributed by atoms with Gasteiger partial charge in [0.25, 0.3) is 0 Å². The van der Waals surface area contributed by atoms with Crippen molar-refractivity contribution < 1.29 is 0 Å².